The molecule has 0 bridgehead atoms. The summed E-state index contributed by atoms with van der Waals surface area (Å²) in [4.78, 5) is 22.5. The summed E-state index contributed by atoms with van der Waals surface area (Å²) in [6.45, 7) is 5.32. The Labute approximate surface area is 178 Å². The van der Waals surface area contributed by atoms with Crippen LogP contribution in [0.4, 0.5) is 0 Å². The molecule has 5 aliphatic rings. The Kier molecular flexibility index (Phi) is 4.64. The van der Waals surface area contributed by atoms with Crippen LogP contribution in [0.5, 0.6) is 0 Å². The summed E-state index contributed by atoms with van der Waals surface area (Å²) in [7, 11) is 0. The summed E-state index contributed by atoms with van der Waals surface area (Å²) >= 11 is 0. The highest BCUT2D eigenvalue weighted by atomic mass is 16.5. The van der Waals surface area contributed by atoms with Crippen molar-refractivity contribution in [2.45, 2.75) is 83.0 Å². The number of fused-ring (bicyclic) bond motifs is 5. The number of hydrogen-bond donors (Lipinski definition) is 2. The van der Waals surface area contributed by atoms with E-state index in [2.05, 4.69) is 13.8 Å². The lowest BCUT2D eigenvalue weighted by Gasteiger charge is -2.63. The molecule has 4 saturated carbocycles. The number of aliphatic hydroxyl groups excluding tert-OH is 1. The van der Waals surface area contributed by atoms with E-state index < -0.39 is 17.1 Å². The fourth-order valence-electron chi connectivity index (χ4n) is 8.65. The molecule has 0 spiro atoms. The maximum Gasteiger partial charge on any atom is 0.331 e. The van der Waals surface area contributed by atoms with E-state index in [1.54, 1.807) is 0 Å². The monoisotopic (exact) mass is 418 g/mol. The van der Waals surface area contributed by atoms with E-state index in [0.29, 0.717) is 24.7 Å². The van der Waals surface area contributed by atoms with E-state index in [0.717, 1.165) is 50.5 Å². The quantitative estimate of drug-likeness (QED) is 0.541. The van der Waals surface area contributed by atoms with Gasteiger partial charge in [0.25, 0.3) is 6.47 Å². The van der Waals surface area contributed by atoms with Crippen molar-refractivity contribution in [3.63, 3.8) is 0 Å². The van der Waals surface area contributed by atoms with E-state index >= 15 is 0 Å². The molecule has 1 heterocycles. The van der Waals surface area contributed by atoms with Crippen LogP contribution >= 0.6 is 0 Å². The van der Waals surface area contributed by atoms with Gasteiger partial charge in [-0.15, -0.1) is 0 Å². The van der Waals surface area contributed by atoms with E-state index in [4.69, 9.17) is 9.47 Å². The molecule has 0 aromatic rings. The zero-order valence-electron chi connectivity index (χ0n) is 18.0. The van der Waals surface area contributed by atoms with Crippen LogP contribution in [-0.4, -0.2) is 47.1 Å². The number of cyclic esters (lactones) is 1. The highest BCUT2D eigenvalue weighted by Crippen LogP contribution is 2.69. The van der Waals surface area contributed by atoms with Gasteiger partial charge in [-0.2, -0.15) is 0 Å². The molecular weight excluding hydrogens is 384 g/mol. The highest BCUT2D eigenvalue weighted by Gasteiger charge is 2.70. The Morgan fingerprint density at radius 3 is 2.67 bits per heavy atom. The van der Waals surface area contributed by atoms with Gasteiger partial charge in [-0.1, -0.05) is 13.8 Å². The van der Waals surface area contributed by atoms with Crippen LogP contribution < -0.4 is 0 Å². The zero-order valence-corrected chi connectivity index (χ0v) is 18.0. The molecule has 6 nitrogen and oxygen atoms in total. The van der Waals surface area contributed by atoms with E-state index in [1.165, 1.54) is 6.08 Å². The van der Waals surface area contributed by atoms with Crippen LogP contribution in [0, 0.1) is 34.5 Å². The van der Waals surface area contributed by atoms with Crippen molar-refractivity contribution >= 4 is 12.4 Å². The molecule has 4 aliphatic carbocycles. The Balaban J connectivity index is 1.45. The molecular formula is C24H34O6. The third-order valence-electron chi connectivity index (χ3n) is 10.1. The number of ether oxygens (including phenoxy) is 2. The molecule has 4 fully saturated rings. The lowest BCUT2D eigenvalue weighted by Crippen LogP contribution is -2.62. The molecule has 5 rings (SSSR count). The number of hydrogen-bond acceptors (Lipinski definition) is 6. The molecule has 2 N–H and O–H groups in total. The molecule has 0 saturated heterocycles. The van der Waals surface area contributed by atoms with Gasteiger partial charge in [0, 0.05) is 23.8 Å². The molecule has 6 heteroatoms. The van der Waals surface area contributed by atoms with Gasteiger partial charge >= 0.3 is 5.97 Å². The summed E-state index contributed by atoms with van der Waals surface area (Å²) in [5.74, 6) is 0.507. The Morgan fingerprint density at radius 1 is 1.17 bits per heavy atom. The minimum absolute atomic E-state index is 0.0265. The zero-order chi connectivity index (χ0) is 21.3. The van der Waals surface area contributed by atoms with E-state index in [9.17, 15) is 19.8 Å². The summed E-state index contributed by atoms with van der Waals surface area (Å²) in [6, 6.07) is 0. The van der Waals surface area contributed by atoms with Crippen molar-refractivity contribution in [2.75, 3.05) is 6.61 Å². The largest absolute Gasteiger partial charge is 0.465 e. The van der Waals surface area contributed by atoms with Crippen LogP contribution in [0.25, 0.3) is 0 Å². The molecule has 9 atom stereocenters. The first-order chi connectivity index (χ1) is 14.2. The third kappa shape index (κ3) is 2.62. The summed E-state index contributed by atoms with van der Waals surface area (Å²) in [5.41, 5.74) is -0.404. The number of carbonyl (C=O) groups is 2. The van der Waals surface area contributed by atoms with E-state index in [1.807, 2.05) is 0 Å². The van der Waals surface area contributed by atoms with Gasteiger partial charge in [-0.25, -0.2) is 4.79 Å². The second kappa shape index (κ2) is 6.80. The number of esters is 1. The SMILES string of the molecule is CC12CCC(OC=O)CC1CCC1C2CCC2(C)[C@@H](C3=CC(=O)OC3)C(O)CC12O. The van der Waals surface area contributed by atoms with Gasteiger partial charge < -0.3 is 19.7 Å². The average molecular weight is 419 g/mol. The van der Waals surface area contributed by atoms with Crippen LogP contribution in [0.2, 0.25) is 0 Å². The van der Waals surface area contributed by atoms with Crippen molar-refractivity contribution in [3.05, 3.63) is 11.6 Å². The van der Waals surface area contributed by atoms with Crippen LogP contribution in [-0.2, 0) is 19.1 Å². The van der Waals surface area contributed by atoms with Crippen LogP contribution in [0.15, 0.2) is 11.6 Å². The third-order valence-corrected chi connectivity index (χ3v) is 10.1. The predicted octanol–water partition coefficient (Wildman–Crippen LogP) is 2.76. The van der Waals surface area contributed by atoms with Gasteiger partial charge in [-0.05, 0) is 73.7 Å². The van der Waals surface area contributed by atoms with Gasteiger partial charge in [0.15, 0.2) is 0 Å². The molecule has 166 valence electrons. The molecule has 30 heavy (non-hydrogen) atoms. The Bertz CT molecular complexity index is 778. The molecule has 0 amide bonds. The van der Waals surface area contributed by atoms with Crippen molar-refractivity contribution in [2.24, 2.45) is 34.5 Å². The highest BCUT2D eigenvalue weighted by molar-refractivity contribution is 5.85. The van der Waals surface area contributed by atoms with Crippen molar-refractivity contribution in [3.8, 4) is 0 Å². The van der Waals surface area contributed by atoms with Gasteiger partial charge in [0.05, 0.1) is 11.7 Å². The molecule has 1 aliphatic heterocycles. The normalized spacial score (nSPS) is 52.5. The average Bonchev–Trinajstić information content (AvgIpc) is 3.19. The first-order valence-corrected chi connectivity index (χ1v) is 11.6. The summed E-state index contributed by atoms with van der Waals surface area (Å²) in [6.07, 6.45) is 7.95. The maximum absolute atomic E-state index is 12.2. The maximum atomic E-state index is 12.2. The Morgan fingerprint density at radius 2 is 1.97 bits per heavy atom. The van der Waals surface area contributed by atoms with Gasteiger partial charge in [0.1, 0.15) is 12.7 Å². The fourth-order valence-corrected chi connectivity index (χ4v) is 8.65. The van der Waals surface area contributed by atoms with E-state index in [-0.39, 0.29) is 35.9 Å². The van der Waals surface area contributed by atoms with Gasteiger partial charge in [0.2, 0.25) is 0 Å². The Hall–Kier alpha value is -1.40. The number of aliphatic hydroxyl groups is 2. The standard InChI is InChI=1S/C24H34O6/c1-22-7-5-16(30-13-25)10-15(22)3-4-18-17(22)6-8-23(2)21(14-9-20(27)29-12-14)19(26)11-24(18,23)28/h9,13,15-19,21,26,28H,3-8,10-12H2,1-2H3/t15?,16?,17?,18?,19?,21-,22?,23?,24?/m0/s1. The lowest BCUT2D eigenvalue weighted by atomic mass is 9.43. The first-order valence-electron chi connectivity index (χ1n) is 11.6. The molecule has 0 radical (unpaired) electrons. The topological polar surface area (TPSA) is 93.1 Å². The van der Waals surface area contributed by atoms with Crippen molar-refractivity contribution < 1.29 is 29.3 Å². The molecule has 8 unspecified atom stereocenters. The van der Waals surface area contributed by atoms with Crippen LogP contribution in [0.1, 0.15) is 65.2 Å². The first kappa shape index (κ1) is 20.5. The summed E-state index contributed by atoms with van der Waals surface area (Å²) < 4.78 is 10.4. The number of rotatable bonds is 3. The predicted molar refractivity (Wildman–Crippen MR) is 108 cm³/mol. The fraction of sp³-hybridized carbons (Fsp3) is 0.833. The number of carbonyl (C=O) groups excluding carboxylic acids is 2. The molecule has 0 aromatic carbocycles. The van der Waals surface area contributed by atoms with Crippen molar-refractivity contribution in [1.29, 1.82) is 0 Å². The second-order valence-corrected chi connectivity index (χ2v) is 11.1. The minimum Gasteiger partial charge on any atom is -0.465 e. The van der Waals surface area contributed by atoms with Gasteiger partial charge in [-0.3, -0.25) is 4.79 Å². The van der Waals surface area contributed by atoms with Crippen LogP contribution in [0.3, 0.4) is 0 Å². The second-order valence-electron chi connectivity index (χ2n) is 11.1. The molecule has 0 aromatic heterocycles. The summed E-state index contributed by atoms with van der Waals surface area (Å²) in [5, 5.41) is 23.2. The van der Waals surface area contributed by atoms with Crippen molar-refractivity contribution in [1.82, 2.24) is 0 Å². The lowest BCUT2D eigenvalue weighted by molar-refractivity contribution is -0.209. The smallest absolute Gasteiger partial charge is 0.331 e. The minimum atomic E-state index is -0.934.